The summed E-state index contributed by atoms with van der Waals surface area (Å²) in [6.07, 6.45) is 2.55. The lowest BCUT2D eigenvalue weighted by atomic mass is 9.97. The van der Waals surface area contributed by atoms with Crippen molar-refractivity contribution in [3.05, 3.63) is 23.2 Å². The Balaban J connectivity index is 1.79. The van der Waals surface area contributed by atoms with Crippen molar-refractivity contribution in [3.63, 3.8) is 0 Å². The van der Waals surface area contributed by atoms with E-state index in [1.165, 1.54) is 36.5 Å². The molecule has 3 heteroatoms. The highest BCUT2D eigenvalue weighted by molar-refractivity contribution is 5.27. The molecule has 0 spiro atoms. The van der Waals surface area contributed by atoms with Crippen LogP contribution < -0.4 is 5.32 Å². The quantitative estimate of drug-likeness (QED) is 0.758. The van der Waals surface area contributed by atoms with Gasteiger partial charge >= 0.3 is 0 Å². The van der Waals surface area contributed by atoms with E-state index < -0.39 is 0 Å². The zero-order valence-corrected chi connectivity index (χ0v) is 9.25. The van der Waals surface area contributed by atoms with Crippen LogP contribution in [0.3, 0.4) is 0 Å². The van der Waals surface area contributed by atoms with Crippen LogP contribution in [-0.4, -0.2) is 25.0 Å². The monoisotopic (exact) mass is 206 g/mol. The van der Waals surface area contributed by atoms with E-state index in [2.05, 4.69) is 23.3 Å². The highest BCUT2D eigenvalue weighted by Gasteiger charge is 2.25. The van der Waals surface area contributed by atoms with E-state index in [0.29, 0.717) is 5.92 Å². The number of hydrogen-bond acceptors (Lipinski definition) is 3. The van der Waals surface area contributed by atoms with Gasteiger partial charge in [-0.25, -0.2) is 0 Å². The Bertz CT molecular complexity index is 329. The van der Waals surface area contributed by atoms with Crippen LogP contribution in [0.25, 0.3) is 0 Å². The van der Waals surface area contributed by atoms with Crippen molar-refractivity contribution in [2.45, 2.75) is 31.8 Å². The molecule has 0 radical (unpaired) electrons. The zero-order chi connectivity index (χ0) is 10.3. The number of nitrogens with one attached hydrogen (secondary N) is 1. The van der Waals surface area contributed by atoms with Gasteiger partial charge in [0.25, 0.3) is 0 Å². The normalized spacial score (nSPS) is 26.9. The van der Waals surface area contributed by atoms with Crippen LogP contribution in [0.15, 0.2) is 10.5 Å². The first kappa shape index (κ1) is 9.43. The Kier molecular flexibility index (Phi) is 2.29. The van der Waals surface area contributed by atoms with Crippen LogP contribution in [0.2, 0.25) is 0 Å². The average Bonchev–Trinajstić information content (AvgIpc) is 2.76. The van der Waals surface area contributed by atoms with Gasteiger partial charge in [-0.1, -0.05) is 0 Å². The summed E-state index contributed by atoms with van der Waals surface area (Å²) in [5, 5.41) is 3.44. The van der Waals surface area contributed by atoms with E-state index >= 15 is 0 Å². The number of hydrogen-bond donors (Lipinski definition) is 1. The molecular weight excluding hydrogens is 188 g/mol. The summed E-state index contributed by atoms with van der Waals surface area (Å²) in [5.41, 5.74) is 1.40. The predicted octanol–water partition coefficient (Wildman–Crippen LogP) is 1.69. The number of piperidine rings is 1. The fraction of sp³-hybridized carbons (Fsp3) is 0.667. The molecule has 1 aromatic heterocycles. The van der Waals surface area contributed by atoms with Crippen molar-refractivity contribution in [1.82, 2.24) is 10.2 Å². The number of fused-ring (bicyclic) bond motifs is 1. The van der Waals surface area contributed by atoms with Crippen LogP contribution in [0.1, 0.15) is 35.8 Å². The molecule has 15 heavy (non-hydrogen) atoms. The third-order valence-corrected chi connectivity index (χ3v) is 3.47. The van der Waals surface area contributed by atoms with Crippen molar-refractivity contribution < 1.29 is 4.42 Å². The first-order valence-electron chi connectivity index (χ1n) is 5.83. The molecule has 3 rings (SSSR count). The van der Waals surface area contributed by atoms with E-state index in [1.807, 2.05) is 0 Å². The molecule has 0 saturated carbocycles. The highest BCUT2D eigenvalue weighted by Crippen LogP contribution is 2.31. The molecule has 1 unspecified atom stereocenters. The topological polar surface area (TPSA) is 28.4 Å². The van der Waals surface area contributed by atoms with Gasteiger partial charge in [-0.3, -0.25) is 4.90 Å². The SMILES string of the molecule is CN1Cc2cc(C3CCCNC3)oc2C1. The van der Waals surface area contributed by atoms with E-state index in [0.717, 1.165) is 19.6 Å². The lowest BCUT2D eigenvalue weighted by Gasteiger charge is -2.20. The maximum atomic E-state index is 5.95. The fourth-order valence-corrected chi connectivity index (χ4v) is 2.64. The summed E-state index contributed by atoms with van der Waals surface area (Å²) < 4.78 is 5.95. The van der Waals surface area contributed by atoms with Crippen molar-refractivity contribution in [2.24, 2.45) is 0 Å². The third kappa shape index (κ3) is 1.70. The minimum atomic E-state index is 0.606. The largest absolute Gasteiger partial charge is 0.464 e. The minimum Gasteiger partial charge on any atom is -0.464 e. The molecule has 3 nitrogen and oxygen atoms in total. The van der Waals surface area contributed by atoms with Crippen molar-refractivity contribution in [1.29, 1.82) is 0 Å². The molecule has 2 aliphatic heterocycles. The summed E-state index contributed by atoms with van der Waals surface area (Å²) in [7, 11) is 2.14. The summed E-state index contributed by atoms with van der Waals surface area (Å²) in [6, 6.07) is 2.27. The van der Waals surface area contributed by atoms with Crippen molar-refractivity contribution in [2.75, 3.05) is 20.1 Å². The molecule has 1 aromatic rings. The Morgan fingerprint density at radius 1 is 1.47 bits per heavy atom. The highest BCUT2D eigenvalue weighted by atomic mass is 16.3. The summed E-state index contributed by atoms with van der Waals surface area (Å²) in [6.45, 7) is 4.29. The van der Waals surface area contributed by atoms with Crippen LogP contribution in [-0.2, 0) is 13.1 Å². The molecule has 0 aliphatic carbocycles. The zero-order valence-electron chi connectivity index (χ0n) is 9.25. The second-order valence-electron chi connectivity index (χ2n) is 4.81. The van der Waals surface area contributed by atoms with Gasteiger partial charge < -0.3 is 9.73 Å². The Morgan fingerprint density at radius 3 is 3.13 bits per heavy atom. The van der Waals surface area contributed by atoms with E-state index in [4.69, 9.17) is 4.42 Å². The summed E-state index contributed by atoms with van der Waals surface area (Å²) >= 11 is 0. The number of furan rings is 1. The van der Waals surface area contributed by atoms with Crippen LogP contribution in [0.4, 0.5) is 0 Å². The van der Waals surface area contributed by atoms with Crippen LogP contribution in [0, 0.1) is 0 Å². The van der Waals surface area contributed by atoms with Gasteiger partial charge in [0.1, 0.15) is 11.5 Å². The maximum absolute atomic E-state index is 5.95. The Hall–Kier alpha value is -0.800. The number of nitrogens with zero attached hydrogens (tertiary/aromatic N) is 1. The van der Waals surface area contributed by atoms with E-state index in [-0.39, 0.29) is 0 Å². The van der Waals surface area contributed by atoms with Gasteiger partial charge in [-0.15, -0.1) is 0 Å². The molecule has 82 valence electrons. The molecule has 1 atom stereocenters. The van der Waals surface area contributed by atoms with Crippen molar-refractivity contribution >= 4 is 0 Å². The molecule has 0 bridgehead atoms. The second kappa shape index (κ2) is 3.65. The summed E-state index contributed by atoms with van der Waals surface area (Å²) in [4.78, 5) is 2.29. The van der Waals surface area contributed by atoms with Crippen LogP contribution >= 0.6 is 0 Å². The molecule has 0 amide bonds. The first-order chi connectivity index (χ1) is 7.33. The van der Waals surface area contributed by atoms with E-state index in [1.54, 1.807) is 0 Å². The molecule has 3 heterocycles. The third-order valence-electron chi connectivity index (χ3n) is 3.47. The molecule has 1 N–H and O–H groups in total. The van der Waals surface area contributed by atoms with E-state index in [9.17, 15) is 0 Å². The number of rotatable bonds is 1. The maximum Gasteiger partial charge on any atom is 0.122 e. The Morgan fingerprint density at radius 2 is 2.40 bits per heavy atom. The predicted molar refractivity (Wildman–Crippen MR) is 58.7 cm³/mol. The second-order valence-corrected chi connectivity index (χ2v) is 4.81. The van der Waals surface area contributed by atoms with Crippen LogP contribution in [0.5, 0.6) is 0 Å². The minimum absolute atomic E-state index is 0.606. The van der Waals surface area contributed by atoms with Gasteiger partial charge in [0.15, 0.2) is 0 Å². The average molecular weight is 206 g/mol. The fourth-order valence-electron chi connectivity index (χ4n) is 2.64. The van der Waals surface area contributed by atoms with Gasteiger partial charge in [0, 0.05) is 24.6 Å². The molecular formula is C12H18N2O. The smallest absolute Gasteiger partial charge is 0.122 e. The lowest BCUT2D eigenvalue weighted by Crippen LogP contribution is -2.28. The van der Waals surface area contributed by atoms with Gasteiger partial charge in [0.2, 0.25) is 0 Å². The van der Waals surface area contributed by atoms with Gasteiger partial charge in [0.05, 0.1) is 6.54 Å². The molecule has 1 saturated heterocycles. The molecule has 0 aromatic carbocycles. The Labute approximate surface area is 90.4 Å². The van der Waals surface area contributed by atoms with Crippen molar-refractivity contribution in [3.8, 4) is 0 Å². The molecule has 1 fully saturated rings. The lowest BCUT2D eigenvalue weighted by molar-refractivity contribution is 0.310. The van der Waals surface area contributed by atoms with Gasteiger partial charge in [-0.2, -0.15) is 0 Å². The standard InChI is InChI=1S/C12H18N2O/c1-14-7-10-5-11(15-12(10)8-14)9-3-2-4-13-6-9/h5,9,13H,2-4,6-8H2,1H3. The summed E-state index contributed by atoms with van der Waals surface area (Å²) in [5.74, 6) is 3.01. The first-order valence-corrected chi connectivity index (χ1v) is 5.83. The van der Waals surface area contributed by atoms with Gasteiger partial charge in [-0.05, 0) is 32.5 Å². The molecule has 2 aliphatic rings.